The molecular weight excluding hydrogens is 300 g/mol. The quantitative estimate of drug-likeness (QED) is 0.670. The van der Waals surface area contributed by atoms with E-state index in [4.69, 9.17) is 0 Å². The minimum atomic E-state index is 1.20. The van der Waals surface area contributed by atoms with E-state index in [0.717, 1.165) is 0 Å². The van der Waals surface area contributed by atoms with Crippen molar-refractivity contribution >= 4 is 50.8 Å². The Morgan fingerprint density at radius 2 is 1.50 bits per heavy atom. The van der Waals surface area contributed by atoms with Crippen LogP contribution in [0.5, 0.6) is 0 Å². The lowest BCUT2D eigenvalue weighted by atomic mass is 10.2. The molecule has 0 aliphatic heterocycles. The van der Waals surface area contributed by atoms with Crippen LogP contribution >= 0.6 is 38.6 Å². The van der Waals surface area contributed by atoms with E-state index < -0.39 is 0 Å². The zero-order valence-electron chi connectivity index (χ0n) is 9.50. The molecule has 0 spiro atoms. The molecule has 0 bridgehead atoms. The van der Waals surface area contributed by atoms with Gasteiger partial charge in [-0.2, -0.15) is 0 Å². The Balaban J connectivity index is 2.27. The van der Waals surface area contributed by atoms with Crippen LogP contribution in [0.15, 0.2) is 15.9 Å². The Hall–Kier alpha value is -0.380. The molecule has 0 aliphatic carbocycles. The van der Waals surface area contributed by atoms with Gasteiger partial charge in [-0.15, -0.1) is 22.7 Å². The molecule has 0 unspecified atom stereocenters. The lowest BCUT2D eigenvalue weighted by Gasteiger charge is -1.90. The van der Waals surface area contributed by atoms with Crippen LogP contribution in [0, 0.1) is 20.8 Å². The Morgan fingerprint density at radius 3 is 1.94 bits per heavy atom. The minimum absolute atomic E-state index is 1.20. The zero-order valence-corrected chi connectivity index (χ0v) is 12.7. The van der Waals surface area contributed by atoms with Crippen LogP contribution in [0.2, 0.25) is 0 Å². The van der Waals surface area contributed by atoms with E-state index in [-0.39, 0.29) is 0 Å². The SMILES string of the molecule is Cc1cc(C)c(C=Cc2sc(Br)cc2C)s1. The maximum Gasteiger partial charge on any atom is 0.0707 e. The lowest BCUT2D eigenvalue weighted by molar-refractivity contribution is 1.50. The molecular formula is C13H13BrS2. The van der Waals surface area contributed by atoms with E-state index in [9.17, 15) is 0 Å². The number of hydrogen-bond acceptors (Lipinski definition) is 2. The molecule has 3 heteroatoms. The summed E-state index contributed by atoms with van der Waals surface area (Å²) in [6, 6.07) is 4.40. The Morgan fingerprint density at radius 1 is 0.938 bits per heavy atom. The van der Waals surface area contributed by atoms with Crippen molar-refractivity contribution in [1.29, 1.82) is 0 Å². The van der Waals surface area contributed by atoms with Crippen LogP contribution in [-0.2, 0) is 0 Å². The van der Waals surface area contributed by atoms with Gasteiger partial charge in [0.2, 0.25) is 0 Å². The van der Waals surface area contributed by atoms with Gasteiger partial charge in [0.05, 0.1) is 3.79 Å². The number of thiophene rings is 2. The highest BCUT2D eigenvalue weighted by molar-refractivity contribution is 9.11. The fourth-order valence-corrected chi connectivity index (χ4v) is 4.20. The third-order valence-corrected chi connectivity index (χ3v) is 5.21. The minimum Gasteiger partial charge on any atom is -0.141 e. The number of aryl methyl sites for hydroxylation is 3. The molecule has 0 fully saturated rings. The molecule has 84 valence electrons. The normalized spacial score (nSPS) is 11.5. The highest BCUT2D eigenvalue weighted by Gasteiger charge is 2.02. The van der Waals surface area contributed by atoms with Crippen LogP contribution < -0.4 is 0 Å². The number of rotatable bonds is 2. The molecule has 0 aromatic carbocycles. The van der Waals surface area contributed by atoms with Gasteiger partial charge < -0.3 is 0 Å². The van der Waals surface area contributed by atoms with E-state index in [1.54, 1.807) is 11.3 Å². The zero-order chi connectivity index (χ0) is 11.7. The number of halogens is 1. The van der Waals surface area contributed by atoms with Crippen LogP contribution in [0.3, 0.4) is 0 Å². The Bertz CT molecular complexity index is 484. The van der Waals surface area contributed by atoms with E-state index in [1.165, 1.54) is 29.5 Å². The fraction of sp³-hybridized carbons (Fsp3) is 0.231. The van der Waals surface area contributed by atoms with Crippen LogP contribution in [0.25, 0.3) is 12.2 Å². The average Bonchev–Trinajstić information content (AvgIpc) is 2.66. The second-order valence-corrected chi connectivity index (χ2v) is 7.59. The summed E-state index contributed by atoms with van der Waals surface area (Å²) in [5.74, 6) is 0. The second-order valence-electron chi connectivity index (χ2n) is 3.84. The highest BCUT2D eigenvalue weighted by atomic mass is 79.9. The van der Waals surface area contributed by atoms with Gasteiger partial charge in [0.1, 0.15) is 0 Å². The average molecular weight is 313 g/mol. The summed E-state index contributed by atoms with van der Waals surface area (Å²) in [7, 11) is 0. The van der Waals surface area contributed by atoms with Gasteiger partial charge in [-0.1, -0.05) is 0 Å². The molecule has 2 aromatic rings. The van der Waals surface area contributed by atoms with Crippen LogP contribution in [0.1, 0.15) is 25.8 Å². The summed E-state index contributed by atoms with van der Waals surface area (Å²) in [6.45, 7) is 6.47. The van der Waals surface area contributed by atoms with Crippen molar-refractivity contribution in [2.75, 3.05) is 0 Å². The summed E-state index contributed by atoms with van der Waals surface area (Å²) in [4.78, 5) is 4.07. The summed E-state index contributed by atoms with van der Waals surface area (Å²) in [5.41, 5.74) is 2.70. The summed E-state index contributed by atoms with van der Waals surface area (Å²) in [6.07, 6.45) is 4.43. The highest BCUT2D eigenvalue weighted by Crippen LogP contribution is 2.29. The van der Waals surface area contributed by atoms with Gasteiger partial charge in [-0.25, -0.2) is 0 Å². The smallest absolute Gasteiger partial charge is 0.0707 e. The van der Waals surface area contributed by atoms with Crippen LogP contribution in [-0.4, -0.2) is 0 Å². The third-order valence-electron chi connectivity index (χ3n) is 2.39. The van der Waals surface area contributed by atoms with Crippen molar-refractivity contribution in [3.8, 4) is 0 Å². The summed E-state index contributed by atoms with van der Waals surface area (Å²) < 4.78 is 1.20. The monoisotopic (exact) mass is 312 g/mol. The maximum absolute atomic E-state index is 3.52. The van der Waals surface area contributed by atoms with Crippen molar-refractivity contribution < 1.29 is 0 Å². The molecule has 0 atom stereocenters. The Kier molecular flexibility index (Phi) is 3.67. The van der Waals surface area contributed by atoms with E-state index in [0.29, 0.717) is 0 Å². The standard InChI is InChI=1S/C13H13BrS2/c1-8-6-10(3)15-11(8)4-5-12-9(2)7-13(14)16-12/h4-7H,1-3H3. The van der Waals surface area contributed by atoms with Crippen molar-refractivity contribution in [1.82, 2.24) is 0 Å². The number of hydrogen-bond donors (Lipinski definition) is 0. The molecule has 2 aromatic heterocycles. The molecule has 2 rings (SSSR count). The lowest BCUT2D eigenvalue weighted by Crippen LogP contribution is -1.69. The summed E-state index contributed by atoms with van der Waals surface area (Å²) >= 11 is 7.15. The third kappa shape index (κ3) is 2.65. The van der Waals surface area contributed by atoms with Gasteiger partial charge >= 0.3 is 0 Å². The van der Waals surface area contributed by atoms with Crippen molar-refractivity contribution in [3.05, 3.63) is 41.7 Å². The van der Waals surface area contributed by atoms with Gasteiger partial charge in [-0.3, -0.25) is 0 Å². The van der Waals surface area contributed by atoms with Crippen LogP contribution in [0.4, 0.5) is 0 Å². The largest absolute Gasteiger partial charge is 0.141 e. The van der Waals surface area contributed by atoms with Gasteiger partial charge in [0.25, 0.3) is 0 Å². The first-order valence-electron chi connectivity index (χ1n) is 5.07. The van der Waals surface area contributed by atoms with E-state index in [2.05, 4.69) is 61.0 Å². The van der Waals surface area contributed by atoms with Gasteiger partial charge in [-0.05, 0) is 72.1 Å². The molecule has 2 heterocycles. The van der Waals surface area contributed by atoms with Crippen molar-refractivity contribution in [3.63, 3.8) is 0 Å². The molecule has 0 aliphatic rings. The molecule has 0 saturated carbocycles. The molecule has 0 saturated heterocycles. The van der Waals surface area contributed by atoms with Crippen molar-refractivity contribution in [2.45, 2.75) is 20.8 Å². The van der Waals surface area contributed by atoms with E-state index in [1.807, 2.05) is 11.3 Å². The Labute approximate surface area is 113 Å². The first kappa shape index (κ1) is 12.1. The maximum atomic E-state index is 3.52. The predicted molar refractivity (Wildman–Crippen MR) is 79.5 cm³/mol. The topological polar surface area (TPSA) is 0 Å². The second kappa shape index (κ2) is 4.86. The first-order chi connectivity index (χ1) is 7.56. The fourth-order valence-electron chi connectivity index (χ4n) is 1.60. The van der Waals surface area contributed by atoms with Gasteiger partial charge in [0.15, 0.2) is 0 Å². The predicted octanol–water partition coefficient (Wildman–Crippen LogP) is 5.67. The molecule has 0 amide bonds. The van der Waals surface area contributed by atoms with Gasteiger partial charge in [0, 0.05) is 14.6 Å². The van der Waals surface area contributed by atoms with Crippen molar-refractivity contribution in [2.24, 2.45) is 0 Å². The molecule has 0 N–H and O–H groups in total. The van der Waals surface area contributed by atoms with E-state index >= 15 is 0 Å². The molecule has 0 radical (unpaired) electrons. The first-order valence-corrected chi connectivity index (χ1v) is 7.50. The summed E-state index contributed by atoms with van der Waals surface area (Å²) in [5, 5.41) is 0. The molecule has 0 nitrogen and oxygen atoms in total. The molecule has 16 heavy (non-hydrogen) atoms.